The summed E-state index contributed by atoms with van der Waals surface area (Å²) in [5.74, 6) is -0.552. The molecule has 2 aliphatic rings. The topological polar surface area (TPSA) is 58.6 Å². The van der Waals surface area contributed by atoms with Crippen LogP contribution in [-0.2, 0) is 4.74 Å². The van der Waals surface area contributed by atoms with E-state index >= 15 is 0 Å². The second kappa shape index (κ2) is 6.22. The SMILES string of the molecule is O=C(O)c1ccc(C2Nc3ccc(Br)cc3C3OCCCC23)cc1. The summed E-state index contributed by atoms with van der Waals surface area (Å²) < 4.78 is 7.18. The third-order valence-electron chi connectivity index (χ3n) is 4.94. The highest BCUT2D eigenvalue weighted by Gasteiger charge is 2.39. The lowest BCUT2D eigenvalue weighted by atomic mass is 9.77. The Hall–Kier alpha value is -1.85. The molecule has 4 rings (SSSR count). The zero-order valence-electron chi connectivity index (χ0n) is 13.0. The fraction of sp³-hybridized carbons (Fsp3) is 0.316. The Morgan fingerprint density at radius 3 is 2.75 bits per heavy atom. The second-order valence-electron chi connectivity index (χ2n) is 6.38. The maximum atomic E-state index is 11.1. The zero-order chi connectivity index (χ0) is 16.7. The molecule has 2 heterocycles. The standard InChI is InChI=1S/C19H18BrNO3/c20-13-7-8-16-15(10-13)18-14(2-1-9-24-18)17(21-16)11-3-5-12(6-4-11)19(22)23/h3-8,10,14,17-18,21H,1-2,9H2,(H,22,23). The van der Waals surface area contributed by atoms with Gasteiger partial charge >= 0.3 is 5.97 Å². The molecule has 0 radical (unpaired) electrons. The van der Waals surface area contributed by atoms with Gasteiger partial charge in [-0.3, -0.25) is 0 Å². The van der Waals surface area contributed by atoms with Crippen LogP contribution in [0.5, 0.6) is 0 Å². The number of carboxylic acids is 1. The first-order valence-corrected chi connectivity index (χ1v) is 8.93. The van der Waals surface area contributed by atoms with Crippen molar-refractivity contribution in [3.8, 4) is 0 Å². The minimum atomic E-state index is -0.896. The molecule has 24 heavy (non-hydrogen) atoms. The Balaban J connectivity index is 1.73. The maximum Gasteiger partial charge on any atom is 0.335 e. The van der Waals surface area contributed by atoms with E-state index in [1.807, 2.05) is 18.2 Å². The molecule has 0 saturated carbocycles. The fourth-order valence-electron chi connectivity index (χ4n) is 3.80. The average Bonchev–Trinajstić information content (AvgIpc) is 2.61. The summed E-state index contributed by atoms with van der Waals surface area (Å²) in [6.07, 6.45) is 2.22. The number of rotatable bonds is 2. The van der Waals surface area contributed by atoms with Gasteiger partial charge in [-0.2, -0.15) is 0 Å². The Kier molecular flexibility index (Phi) is 4.06. The van der Waals surface area contributed by atoms with Gasteiger partial charge in [0, 0.05) is 28.2 Å². The molecule has 2 aliphatic heterocycles. The van der Waals surface area contributed by atoms with E-state index in [0.29, 0.717) is 11.5 Å². The molecule has 0 aromatic heterocycles. The zero-order valence-corrected chi connectivity index (χ0v) is 14.6. The van der Waals surface area contributed by atoms with Gasteiger partial charge in [-0.25, -0.2) is 4.79 Å². The minimum Gasteiger partial charge on any atom is -0.478 e. The molecular weight excluding hydrogens is 370 g/mol. The van der Waals surface area contributed by atoms with Crippen LogP contribution in [0.2, 0.25) is 0 Å². The highest BCUT2D eigenvalue weighted by Crippen LogP contribution is 2.49. The van der Waals surface area contributed by atoms with Gasteiger partial charge < -0.3 is 15.2 Å². The summed E-state index contributed by atoms with van der Waals surface area (Å²) in [7, 11) is 0. The fourth-order valence-corrected chi connectivity index (χ4v) is 4.18. The third-order valence-corrected chi connectivity index (χ3v) is 5.44. The van der Waals surface area contributed by atoms with Crippen LogP contribution in [0.4, 0.5) is 5.69 Å². The number of fused-ring (bicyclic) bond motifs is 3. The first kappa shape index (κ1) is 15.7. The summed E-state index contributed by atoms with van der Waals surface area (Å²) in [6.45, 7) is 0.789. The lowest BCUT2D eigenvalue weighted by molar-refractivity contribution is -0.0381. The molecule has 3 unspecified atom stereocenters. The van der Waals surface area contributed by atoms with Gasteiger partial charge in [-0.1, -0.05) is 28.1 Å². The third kappa shape index (κ3) is 2.72. The van der Waals surface area contributed by atoms with Gasteiger partial charge in [-0.15, -0.1) is 0 Å². The molecule has 2 aromatic carbocycles. The molecule has 2 aromatic rings. The lowest BCUT2D eigenvalue weighted by Crippen LogP contribution is -2.36. The number of aromatic carboxylic acids is 1. The predicted octanol–water partition coefficient (Wildman–Crippen LogP) is 4.78. The Morgan fingerprint density at radius 2 is 2.00 bits per heavy atom. The van der Waals surface area contributed by atoms with E-state index in [2.05, 4.69) is 33.4 Å². The number of ether oxygens (including phenoxy) is 1. The van der Waals surface area contributed by atoms with Crippen LogP contribution < -0.4 is 5.32 Å². The summed E-state index contributed by atoms with van der Waals surface area (Å²) in [6, 6.07) is 13.5. The lowest BCUT2D eigenvalue weighted by Gasteiger charge is -2.43. The van der Waals surface area contributed by atoms with Crippen LogP contribution >= 0.6 is 15.9 Å². The van der Waals surface area contributed by atoms with Crippen LogP contribution in [0.15, 0.2) is 46.9 Å². The molecule has 1 fully saturated rings. The van der Waals surface area contributed by atoms with Gasteiger partial charge in [-0.05, 0) is 48.7 Å². The van der Waals surface area contributed by atoms with E-state index in [9.17, 15) is 4.79 Å². The van der Waals surface area contributed by atoms with Crippen molar-refractivity contribution in [1.82, 2.24) is 0 Å². The van der Waals surface area contributed by atoms with Crippen LogP contribution in [0.3, 0.4) is 0 Å². The molecular formula is C19H18BrNO3. The largest absolute Gasteiger partial charge is 0.478 e. The van der Waals surface area contributed by atoms with E-state index < -0.39 is 5.97 Å². The predicted molar refractivity (Wildman–Crippen MR) is 95.3 cm³/mol. The second-order valence-corrected chi connectivity index (χ2v) is 7.29. The van der Waals surface area contributed by atoms with Crippen molar-refractivity contribution in [2.75, 3.05) is 11.9 Å². The van der Waals surface area contributed by atoms with Crippen LogP contribution in [0.25, 0.3) is 0 Å². The van der Waals surface area contributed by atoms with Gasteiger partial charge in [0.2, 0.25) is 0 Å². The average molecular weight is 388 g/mol. The van der Waals surface area contributed by atoms with E-state index in [4.69, 9.17) is 9.84 Å². The van der Waals surface area contributed by atoms with Crippen molar-refractivity contribution in [3.05, 3.63) is 63.6 Å². The summed E-state index contributed by atoms with van der Waals surface area (Å²) in [5, 5.41) is 12.7. The van der Waals surface area contributed by atoms with E-state index in [1.165, 1.54) is 5.56 Å². The van der Waals surface area contributed by atoms with E-state index in [0.717, 1.165) is 35.2 Å². The summed E-state index contributed by atoms with van der Waals surface area (Å²) in [5.41, 5.74) is 3.71. The van der Waals surface area contributed by atoms with E-state index in [1.54, 1.807) is 12.1 Å². The number of hydrogen-bond acceptors (Lipinski definition) is 3. The van der Waals surface area contributed by atoms with Gasteiger partial charge in [0.25, 0.3) is 0 Å². The molecule has 1 saturated heterocycles. The van der Waals surface area contributed by atoms with Crippen LogP contribution in [0, 0.1) is 5.92 Å². The quantitative estimate of drug-likeness (QED) is 0.777. The van der Waals surface area contributed by atoms with Crippen LogP contribution in [-0.4, -0.2) is 17.7 Å². The number of halogens is 1. The number of nitrogens with one attached hydrogen (secondary N) is 1. The summed E-state index contributed by atoms with van der Waals surface area (Å²) in [4.78, 5) is 11.1. The van der Waals surface area contributed by atoms with Crippen molar-refractivity contribution in [3.63, 3.8) is 0 Å². The minimum absolute atomic E-state index is 0.0802. The Morgan fingerprint density at radius 1 is 1.21 bits per heavy atom. The van der Waals surface area contributed by atoms with Crippen molar-refractivity contribution < 1.29 is 14.6 Å². The number of carboxylic acid groups (broad SMARTS) is 1. The number of hydrogen-bond donors (Lipinski definition) is 2. The normalized spacial score (nSPS) is 25.3. The van der Waals surface area contributed by atoms with E-state index in [-0.39, 0.29) is 12.1 Å². The van der Waals surface area contributed by atoms with Crippen molar-refractivity contribution in [2.24, 2.45) is 5.92 Å². The van der Waals surface area contributed by atoms with Crippen molar-refractivity contribution in [2.45, 2.75) is 25.0 Å². The first-order chi connectivity index (χ1) is 11.6. The monoisotopic (exact) mass is 387 g/mol. The first-order valence-electron chi connectivity index (χ1n) is 8.14. The van der Waals surface area contributed by atoms with Gasteiger partial charge in [0.05, 0.1) is 17.7 Å². The van der Waals surface area contributed by atoms with Crippen LogP contribution in [0.1, 0.15) is 46.5 Å². The molecule has 3 atom stereocenters. The Labute approximate surface area is 149 Å². The highest BCUT2D eigenvalue weighted by molar-refractivity contribution is 9.10. The molecule has 4 nitrogen and oxygen atoms in total. The molecule has 0 bridgehead atoms. The maximum absolute atomic E-state index is 11.1. The smallest absolute Gasteiger partial charge is 0.335 e. The number of anilines is 1. The Bertz CT molecular complexity index is 775. The number of carbonyl (C=O) groups is 1. The van der Waals surface area contributed by atoms with Gasteiger partial charge in [0.15, 0.2) is 0 Å². The molecule has 5 heteroatoms. The molecule has 0 amide bonds. The number of benzene rings is 2. The van der Waals surface area contributed by atoms with Crippen molar-refractivity contribution >= 4 is 27.6 Å². The van der Waals surface area contributed by atoms with Crippen molar-refractivity contribution in [1.29, 1.82) is 0 Å². The molecule has 2 N–H and O–H groups in total. The summed E-state index contributed by atoms with van der Waals surface area (Å²) >= 11 is 3.55. The molecule has 0 spiro atoms. The molecule has 124 valence electrons. The molecule has 0 aliphatic carbocycles. The van der Waals surface area contributed by atoms with Gasteiger partial charge in [0.1, 0.15) is 0 Å². The highest BCUT2D eigenvalue weighted by atomic mass is 79.9.